The minimum absolute atomic E-state index is 0.0292. The molecule has 2 atom stereocenters. The lowest BCUT2D eigenvalue weighted by Crippen LogP contribution is -2.46. The molecule has 6 nitrogen and oxygen atoms in total. The Morgan fingerprint density at radius 1 is 1.09 bits per heavy atom. The van der Waals surface area contributed by atoms with Crippen molar-refractivity contribution < 1.29 is 19.1 Å². The molecule has 22 heavy (non-hydrogen) atoms. The van der Waals surface area contributed by atoms with Crippen LogP contribution in [-0.2, 0) is 19.1 Å². The molecule has 0 fully saturated rings. The van der Waals surface area contributed by atoms with Crippen LogP contribution in [0.15, 0.2) is 12.3 Å². The number of nitrogens with one attached hydrogen (secondary N) is 2. The molecule has 6 heteroatoms. The summed E-state index contributed by atoms with van der Waals surface area (Å²) < 4.78 is 10.1. The molecule has 0 saturated heterocycles. The zero-order valence-corrected chi connectivity index (χ0v) is 14.4. The average molecular weight is 314 g/mol. The topological polar surface area (TPSA) is 76.7 Å². The van der Waals surface area contributed by atoms with Crippen molar-refractivity contribution in [2.24, 2.45) is 5.92 Å². The van der Waals surface area contributed by atoms with E-state index < -0.39 is 0 Å². The molecular formula is C16H30N2O4. The van der Waals surface area contributed by atoms with E-state index in [0.717, 1.165) is 0 Å². The van der Waals surface area contributed by atoms with Gasteiger partial charge < -0.3 is 20.1 Å². The summed E-state index contributed by atoms with van der Waals surface area (Å²) in [6.07, 6.45) is 0.280. The van der Waals surface area contributed by atoms with Gasteiger partial charge in [-0.25, -0.2) is 0 Å². The van der Waals surface area contributed by atoms with E-state index in [1.165, 1.54) is 6.92 Å². The fourth-order valence-electron chi connectivity index (χ4n) is 1.78. The van der Waals surface area contributed by atoms with Gasteiger partial charge in [0.15, 0.2) is 5.78 Å². The van der Waals surface area contributed by atoms with Crippen molar-refractivity contribution in [3.8, 4) is 0 Å². The van der Waals surface area contributed by atoms with Crippen molar-refractivity contribution in [1.82, 2.24) is 10.6 Å². The van der Waals surface area contributed by atoms with Gasteiger partial charge in [-0.2, -0.15) is 0 Å². The monoisotopic (exact) mass is 314 g/mol. The van der Waals surface area contributed by atoms with E-state index in [9.17, 15) is 9.59 Å². The Labute approximate surface area is 133 Å². The van der Waals surface area contributed by atoms with Crippen LogP contribution >= 0.6 is 0 Å². The van der Waals surface area contributed by atoms with Crippen molar-refractivity contribution in [2.45, 2.75) is 46.2 Å². The average Bonchev–Trinajstić information content (AvgIpc) is 2.43. The first-order valence-corrected chi connectivity index (χ1v) is 7.61. The molecule has 0 saturated carbocycles. The lowest BCUT2D eigenvalue weighted by Gasteiger charge is -2.27. The van der Waals surface area contributed by atoms with Crippen LogP contribution in [0.3, 0.4) is 0 Å². The lowest BCUT2D eigenvalue weighted by molar-refractivity contribution is -0.123. The highest BCUT2D eigenvalue weighted by Crippen LogP contribution is 2.10. The molecule has 0 heterocycles. The van der Waals surface area contributed by atoms with Crippen LogP contribution in [0.2, 0.25) is 0 Å². The van der Waals surface area contributed by atoms with Crippen molar-refractivity contribution in [2.75, 3.05) is 26.9 Å². The number of rotatable bonds is 12. The summed E-state index contributed by atoms with van der Waals surface area (Å²) in [7, 11) is 1.60. The number of methoxy groups -OCH3 is 1. The molecule has 0 aliphatic heterocycles. The quantitative estimate of drug-likeness (QED) is 0.530. The number of Topliss-reactive ketones (excluding diaryl/α,β-unsaturated/α-hetero) is 1. The molecule has 1 unspecified atom stereocenters. The van der Waals surface area contributed by atoms with Gasteiger partial charge in [-0.05, 0) is 19.8 Å². The number of hydrogen-bond acceptors (Lipinski definition) is 5. The molecule has 0 spiro atoms. The third-order valence-electron chi connectivity index (χ3n) is 3.28. The van der Waals surface area contributed by atoms with Crippen molar-refractivity contribution in [3.63, 3.8) is 0 Å². The molecule has 128 valence electrons. The molecule has 0 aliphatic carbocycles. The SMILES string of the molecule is C=C(NC(C)C(C)=O)[C@@H](NC(=O)CCOCCOC)C(C)C. The summed E-state index contributed by atoms with van der Waals surface area (Å²) in [5, 5.41) is 5.97. The minimum atomic E-state index is -0.317. The molecule has 0 aromatic carbocycles. The first kappa shape index (κ1) is 20.6. The third kappa shape index (κ3) is 8.79. The summed E-state index contributed by atoms with van der Waals surface area (Å²) in [6, 6.07) is -0.545. The number of carbonyl (C=O) groups excluding carboxylic acids is 2. The summed E-state index contributed by atoms with van der Waals surface area (Å²) in [6.45, 7) is 12.6. The summed E-state index contributed by atoms with van der Waals surface area (Å²) in [4.78, 5) is 23.3. The van der Waals surface area contributed by atoms with E-state index in [2.05, 4.69) is 17.2 Å². The van der Waals surface area contributed by atoms with E-state index in [1.807, 2.05) is 13.8 Å². The molecular weight excluding hydrogens is 284 g/mol. The summed E-state index contributed by atoms with van der Waals surface area (Å²) in [5.74, 6) is 0.0913. The number of hydrogen-bond donors (Lipinski definition) is 2. The smallest absolute Gasteiger partial charge is 0.222 e. The van der Waals surface area contributed by atoms with Gasteiger partial charge in [0, 0.05) is 19.2 Å². The Morgan fingerprint density at radius 3 is 2.23 bits per heavy atom. The van der Waals surface area contributed by atoms with Crippen molar-refractivity contribution in [1.29, 1.82) is 0 Å². The highest BCUT2D eigenvalue weighted by Gasteiger charge is 2.21. The molecule has 0 rings (SSSR count). The Bertz CT molecular complexity index is 369. The first-order chi connectivity index (χ1) is 10.3. The van der Waals surface area contributed by atoms with Crippen molar-refractivity contribution >= 4 is 11.7 Å². The second kappa shape index (κ2) is 11.2. The zero-order chi connectivity index (χ0) is 17.1. The van der Waals surface area contributed by atoms with Crippen LogP contribution in [0.1, 0.15) is 34.1 Å². The molecule has 0 aromatic heterocycles. The van der Waals surface area contributed by atoms with Crippen LogP contribution < -0.4 is 10.6 Å². The fourth-order valence-corrected chi connectivity index (χ4v) is 1.78. The predicted octanol–water partition coefficient (Wildman–Crippen LogP) is 1.26. The van der Waals surface area contributed by atoms with Gasteiger partial charge in [-0.15, -0.1) is 0 Å². The maximum atomic E-state index is 12.0. The van der Waals surface area contributed by atoms with Crippen LogP contribution in [-0.4, -0.2) is 50.7 Å². The van der Waals surface area contributed by atoms with Gasteiger partial charge in [0.1, 0.15) is 0 Å². The number of ether oxygens (including phenoxy) is 2. The predicted molar refractivity (Wildman–Crippen MR) is 86.5 cm³/mol. The standard InChI is InChI=1S/C16H30N2O4/c1-11(2)16(13(4)17-12(3)14(5)19)18-15(20)7-8-22-10-9-21-6/h11-12,16-17H,4,7-10H2,1-3,5-6H3,(H,18,20)/t12?,16-/m0/s1. The van der Waals surface area contributed by atoms with E-state index in [4.69, 9.17) is 9.47 Å². The largest absolute Gasteiger partial charge is 0.382 e. The Balaban J connectivity index is 4.30. The summed E-state index contributed by atoms with van der Waals surface area (Å²) >= 11 is 0. The highest BCUT2D eigenvalue weighted by atomic mass is 16.5. The fraction of sp³-hybridized carbons (Fsp3) is 0.750. The van der Waals surface area contributed by atoms with Gasteiger partial charge in [-0.3, -0.25) is 9.59 Å². The Hall–Kier alpha value is -1.40. The molecule has 0 bridgehead atoms. The second-order valence-corrected chi connectivity index (χ2v) is 5.65. The van der Waals surface area contributed by atoms with Crippen LogP contribution in [0.25, 0.3) is 0 Å². The van der Waals surface area contributed by atoms with Crippen LogP contribution in [0, 0.1) is 5.92 Å². The first-order valence-electron chi connectivity index (χ1n) is 7.61. The van der Waals surface area contributed by atoms with Crippen molar-refractivity contribution in [3.05, 3.63) is 12.3 Å². The number of amides is 1. The third-order valence-corrected chi connectivity index (χ3v) is 3.28. The summed E-state index contributed by atoms with van der Waals surface area (Å²) in [5.41, 5.74) is 0.645. The molecule has 0 aliphatic rings. The number of ketones is 1. The normalized spacial score (nSPS) is 13.5. The Kier molecular flexibility index (Phi) is 10.5. The number of carbonyl (C=O) groups is 2. The highest BCUT2D eigenvalue weighted by molar-refractivity contribution is 5.81. The van der Waals surface area contributed by atoms with Gasteiger partial charge in [0.05, 0.1) is 31.9 Å². The maximum Gasteiger partial charge on any atom is 0.222 e. The zero-order valence-electron chi connectivity index (χ0n) is 14.4. The van der Waals surface area contributed by atoms with Crippen LogP contribution in [0.4, 0.5) is 0 Å². The van der Waals surface area contributed by atoms with Gasteiger partial charge in [0.2, 0.25) is 5.91 Å². The molecule has 2 N–H and O–H groups in total. The van der Waals surface area contributed by atoms with E-state index in [1.54, 1.807) is 14.0 Å². The lowest BCUT2D eigenvalue weighted by atomic mass is 10.0. The van der Waals surface area contributed by atoms with Gasteiger partial charge in [0.25, 0.3) is 0 Å². The van der Waals surface area contributed by atoms with Gasteiger partial charge in [-0.1, -0.05) is 20.4 Å². The van der Waals surface area contributed by atoms with E-state index in [0.29, 0.717) is 25.5 Å². The van der Waals surface area contributed by atoms with E-state index in [-0.39, 0.29) is 36.1 Å². The molecule has 0 aromatic rings. The Morgan fingerprint density at radius 2 is 1.73 bits per heavy atom. The molecule has 1 amide bonds. The molecule has 0 radical (unpaired) electrons. The van der Waals surface area contributed by atoms with E-state index >= 15 is 0 Å². The van der Waals surface area contributed by atoms with Gasteiger partial charge >= 0.3 is 0 Å². The second-order valence-electron chi connectivity index (χ2n) is 5.65. The van der Waals surface area contributed by atoms with Crippen LogP contribution in [0.5, 0.6) is 0 Å². The maximum absolute atomic E-state index is 12.0. The minimum Gasteiger partial charge on any atom is -0.382 e.